The largest absolute Gasteiger partial charge is 0.416 e. The molecule has 0 aliphatic rings. The zero-order chi connectivity index (χ0) is 15.5. The number of hydrogen-bond donors (Lipinski definition) is 1. The first-order valence-corrected chi connectivity index (χ1v) is 6.31. The van der Waals surface area contributed by atoms with Gasteiger partial charge in [-0.05, 0) is 24.1 Å². The first kappa shape index (κ1) is 16.3. The number of nitrogens with zero attached hydrogens (tertiary/aromatic N) is 1. The minimum Gasteiger partial charge on any atom is -0.387 e. The molecule has 0 bridgehead atoms. The van der Waals surface area contributed by atoms with Gasteiger partial charge < -0.3 is 10.2 Å². The summed E-state index contributed by atoms with van der Waals surface area (Å²) in [6.07, 6.45) is -4.46. The highest BCUT2D eigenvalue weighted by molar-refractivity contribution is 5.99. The molecule has 0 aliphatic carbocycles. The van der Waals surface area contributed by atoms with Gasteiger partial charge in [-0.2, -0.15) is 13.2 Å². The Bertz CT molecular complexity index is 484. The number of hydrogen-bond acceptors (Lipinski definition) is 2. The Morgan fingerprint density at radius 1 is 1.35 bits per heavy atom. The number of carbonyl (C=O) groups is 1. The molecule has 0 unspecified atom stereocenters. The van der Waals surface area contributed by atoms with Crippen molar-refractivity contribution in [3.05, 3.63) is 29.3 Å². The van der Waals surface area contributed by atoms with Crippen molar-refractivity contribution in [3.8, 4) is 0 Å². The summed E-state index contributed by atoms with van der Waals surface area (Å²) in [6.45, 7) is 4.36. The monoisotopic (exact) mass is 288 g/mol. The topological polar surface area (TPSA) is 32.3 Å². The third-order valence-corrected chi connectivity index (χ3v) is 2.83. The van der Waals surface area contributed by atoms with E-state index in [0.717, 1.165) is 12.1 Å². The van der Waals surface area contributed by atoms with Gasteiger partial charge >= 0.3 is 6.18 Å². The number of alkyl halides is 3. The van der Waals surface area contributed by atoms with E-state index in [-0.39, 0.29) is 11.5 Å². The van der Waals surface area contributed by atoms with E-state index in [2.05, 4.69) is 5.32 Å². The predicted octanol–water partition coefficient (Wildman–Crippen LogP) is 3.48. The molecule has 0 saturated heterocycles. The van der Waals surface area contributed by atoms with Gasteiger partial charge in [-0.1, -0.05) is 13.8 Å². The fraction of sp³-hybridized carbons (Fsp3) is 0.500. The lowest BCUT2D eigenvalue weighted by atomic mass is 10.1. The molecule has 0 fully saturated rings. The SMILES string of the molecule is CNc1ccc(C(F)(F)F)cc1C(=O)N(C)CC(C)C. The van der Waals surface area contributed by atoms with Crippen molar-refractivity contribution < 1.29 is 18.0 Å². The molecule has 0 spiro atoms. The lowest BCUT2D eigenvalue weighted by Gasteiger charge is -2.21. The molecule has 20 heavy (non-hydrogen) atoms. The van der Waals surface area contributed by atoms with Crippen molar-refractivity contribution in [3.63, 3.8) is 0 Å². The van der Waals surface area contributed by atoms with Crippen LogP contribution in [0, 0.1) is 5.92 Å². The number of rotatable bonds is 4. The third-order valence-electron chi connectivity index (χ3n) is 2.83. The van der Waals surface area contributed by atoms with E-state index >= 15 is 0 Å². The highest BCUT2D eigenvalue weighted by Crippen LogP contribution is 2.32. The Hall–Kier alpha value is -1.72. The number of nitrogens with one attached hydrogen (secondary N) is 1. The quantitative estimate of drug-likeness (QED) is 0.920. The molecule has 0 radical (unpaired) electrons. The lowest BCUT2D eigenvalue weighted by Crippen LogP contribution is -2.31. The van der Waals surface area contributed by atoms with Gasteiger partial charge in [0.2, 0.25) is 0 Å². The van der Waals surface area contributed by atoms with Crippen molar-refractivity contribution in [2.75, 3.05) is 26.0 Å². The van der Waals surface area contributed by atoms with Crippen LogP contribution in [0.25, 0.3) is 0 Å². The zero-order valence-electron chi connectivity index (χ0n) is 12.0. The highest BCUT2D eigenvalue weighted by Gasteiger charge is 2.32. The van der Waals surface area contributed by atoms with E-state index in [9.17, 15) is 18.0 Å². The van der Waals surface area contributed by atoms with Gasteiger partial charge in [0.05, 0.1) is 11.1 Å². The molecule has 1 aromatic rings. The van der Waals surface area contributed by atoms with Crippen LogP contribution in [0.1, 0.15) is 29.8 Å². The van der Waals surface area contributed by atoms with Crippen molar-refractivity contribution in [1.82, 2.24) is 4.90 Å². The summed E-state index contributed by atoms with van der Waals surface area (Å²) in [5.41, 5.74) is -0.401. The van der Waals surface area contributed by atoms with Crippen LogP contribution in [-0.4, -0.2) is 31.4 Å². The van der Waals surface area contributed by atoms with Crippen LogP contribution in [0.3, 0.4) is 0 Å². The van der Waals surface area contributed by atoms with Crippen LogP contribution < -0.4 is 5.32 Å². The standard InChI is InChI=1S/C14H19F3N2O/c1-9(2)8-19(4)13(20)11-7-10(14(15,16)17)5-6-12(11)18-3/h5-7,9,18H,8H2,1-4H3. The minimum absolute atomic E-state index is 0.0328. The number of amides is 1. The molecule has 0 aromatic heterocycles. The smallest absolute Gasteiger partial charge is 0.387 e. The second kappa shape index (κ2) is 6.15. The third kappa shape index (κ3) is 3.88. The summed E-state index contributed by atoms with van der Waals surface area (Å²) in [7, 11) is 3.16. The zero-order valence-corrected chi connectivity index (χ0v) is 12.0. The van der Waals surface area contributed by atoms with Gasteiger partial charge in [0, 0.05) is 26.3 Å². The van der Waals surface area contributed by atoms with Crippen molar-refractivity contribution >= 4 is 11.6 Å². The second-order valence-electron chi connectivity index (χ2n) is 5.09. The van der Waals surface area contributed by atoms with Crippen molar-refractivity contribution in [1.29, 1.82) is 0 Å². The fourth-order valence-electron chi connectivity index (χ4n) is 1.95. The molecule has 0 saturated carbocycles. The Morgan fingerprint density at radius 3 is 2.40 bits per heavy atom. The molecule has 112 valence electrons. The number of halogens is 3. The van der Waals surface area contributed by atoms with Gasteiger partial charge in [0.25, 0.3) is 5.91 Å². The Morgan fingerprint density at radius 2 is 1.95 bits per heavy atom. The van der Waals surface area contributed by atoms with Gasteiger partial charge in [-0.3, -0.25) is 4.79 Å². The summed E-state index contributed by atoms with van der Waals surface area (Å²) >= 11 is 0. The number of carbonyl (C=O) groups excluding carboxylic acids is 1. The van der Waals surface area contributed by atoms with Crippen LogP contribution in [0.2, 0.25) is 0 Å². The van der Waals surface area contributed by atoms with Crippen LogP contribution in [0.5, 0.6) is 0 Å². The highest BCUT2D eigenvalue weighted by atomic mass is 19.4. The van der Waals surface area contributed by atoms with Crippen molar-refractivity contribution in [2.45, 2.75) is 20.0 Å². The van der Waals surface area contributed by atoms with Gasteiger partial charge in [-0.15, -0.1) is 0 Å². The van der Waals surface area contributed by atoms with Gasteiger partial charge in [0.1, 0.15) is 0 Å². The predicted molar refractivity (Wildman–Crippen MR) is 72.8 cm³/mol. The maximum absolute atomic E-state index is 12.7. The molecule has 0 aliphatic heterocycles. The lowest BCUT2D eigenvalue weighted by molar-refractivity contribution is -0.137. The average molecular weight is 288 g/mol. The van der Waals surface area contributed by atoms with Crippen LogP contribution in [-0.2, 0) is 6.18 Å². The van der Waals surface area contributed by atoms with Crippen LogP contribution in [0.4, 0.5) is 18.9 Å². The first-order valence-electron chi connectivity index (χ1n) is 6.31. The molecule has 0 atom stereocenters. The summed E-state index contributed by atoms with van der Waals surface area (Å²) in [6, 6.07) is 3.13. The van der Waals surface area contributed by atoms with Crippen LogP contribution in [0.15, 0.2) is 18.2 Å². The second-order valence-corrected chi connectivity index (χ2v) is 5.09. The maximum atomic E-state index is 12.7. The summed E-state index contributed by atoms with van der Waals surface area (Å²) in [5.74, 6) is -0.179. The molecule has 1 rings (SSSR count). The van der Waals surface area contributed by atoms with Crippen molar-refractivity contribution in [2.24, 2.45) is 5.92 Å². The Balaban J connectivity index is 3.17. The summed E-state index contributed by atoms with van der Waals surface area (Å²) < 4.78 is 38.2. The molecular formula is C14H19F3N2O. The maximum Gasteiger partial charge on any atom is 0.416 e. The molecular weight excluding hydrogens is 269 g/mol. The summed E-state index contributed by atoms with van der Waals surface area (Å²) in [4.78, 5) is 13.7. The molecule has 0 heterocycles. The fourth-order valence-corrected chi connectivity index (χ4v) is 1.95. The van der Waals surface area contributed by atoms with E-state index < -0.39 is 17.6 Å². The van der Waals surface area contributed by atoms with Crippen LogP contribution >= 0.6 is 0 Å². The average Bonchev–Trinajstić information content (AvgIpc) is 2.35. The molecule has 1 aromatic carbocycles. The molecule has 1 N–H and O–H groups in total. The first-order chi connectivity index (χ1) is 9.16. The number of benzene rings is 1. The Kier molecular flexibility index (Phi) is 5.03. The molecule has 3 nitrogen and oxygen atoms in total. The number of anilines is 1. The van der Waals surface area contributed by atoms with Gasteiger partial charge in [-0.25, -0.2) is 0 Å². The van der Waals surface area contributed by atoms with E-state index in [0.29, 0.717) is 12.2 Å². The Labute approximate surface area is 116 Å². The van der Waals surface area contributed by atoms with E-state index in [4.69, 9.17) is 0 Å². The molecule has 1 amide bonds. The van der Waals surface area contributed by atoms with E-state index in [1.165, 1.54) is 11.0 Å². The molecule has 6 heteroatoms. The van der Waals surface area contributed by atoms with E-state index in [1.54, 1.807) is 14.1 Å². The van der Waals surface area contributed by atoms with E-state index in [1.807, 2.05) is 13.8 Å². The summed E-state index contributed by atoms with van der Waals surface area (Å²) in [5, 5.41) is 2.75. The minimum atomic E-state index is -4.46. The normalized spacial score (nSPS) is 11.6. The van der Waals surface area contributed by atoms with Gasteiger partial charge in [0.15, 0.2) is 0 Å².